The molecule has 5 N–H and O–H groups in total. The van der Waals surface area contributed by atoms with Gasteiger partial charge in [-0.15, -0.1) is 0 Å². The lowest BCUT2D eigenvalue weighted by atomic mass is 9.87. The molecule has 0 saturated heterocycles. The molecule has 27 heavy (non-hydrogen) atoms. The monoisotopic (exact) mass is 357 g/mol. The van der Waals surface area contributed by atoms with E-state index in [0.717, 1.165) is 23.1 Å². The third-order valence-electron chi connectivity index (χ3n) is 4.27. The van der Waals surface area contributed by atoms with Gasteiger partial charge in [-0.25, -0.2) is 0 Å². The normalized spacial score (nSPS) is 17.6. The van der Waals surface area contributed by atoms with Gasteiger partial charge in [0, 0.05) is 16.8 Å². The molecule has 3 heteroatoms. The molecule has 2 rings (SSSR count). The third-order valence-corrected chi connectivity index (χ3v) is 4.27. The van der Waals surface area contributed by atoms with E-state index in [1.807, 2.05) is 56.4 Å². The summed E-state index contributed by atoms with van der Waals surface area (Å²) in [7, 11) is 0. The fourth-order valence-corrected chi connectivity index (χ4v) is 2.86. The molecule has 1 aliphatic carbocycles. The molecule has 3 nitrogen and oxygen atoms in total. The first-order valence-electron chi connectivity index (χ1n) is 8.92. The van der Waals surface area contributed by atoms with E-state index < -0.39 is 0 Å². The minimum absolute atomic E-state index is 0.266. The van der Waals surface area contributed by atoms with E-state index in [-0.39, 0.29) is 5.71 Å². The highest BCUT2D eigenvalue weighted by atomic mass is 14.7. The predicted octanol–water partition coefficient (Wildman–Crippen LogP) is 4.88. The van der Waals surface area contributed by atoms with Gasteiger partial charge >= 0.3 is 0 Å². The molecule has 0 heterocycles. The van der Waals surface area contributed by atoms with Crippen molar-refractivity contribution in [1.82, 2.24) is 0 Å². The molecule has 1 aromatic rings. The summed E-state index contributed by atoms with van der Waals surface area (Å²) >= 11 is 0. The summed E-state index contributed by atoms with van der Waals surface area (Å²) in [6, 6.07) is 10.3. The van der Waals surface area contributed by atoms with E-state index in [1.165, 1.54) is 5.56 Å². The van der Waals surface area contributed by atoms with Crippen molar-refractivity contribution in [2.24, 2.45) is 11.5 Å². The van der Waals surface area contributed by atoms with E-state index in [1.54, 1.807) is 12.2 Å². The van der Waals surface area contributed by atoms with Crippen LogP contribution in [0.25, 0.3) is 0 Å². The maximum atomic E-state index is 8.39. The summed E-state index contributed by atoms with van der Waals surface area (Å²) < 4.78 is 0. The van der Waals surface area contributed by atoms with E-state index in [2.05, 4.69) is 24.8 Å². The van der Waals surface area contributed by atoms with E-state index in [9.17, 15) is 0 Å². The van der Waals surface area contributed by atoms with Crippen LogP contribution in [0.4, 0.5) is 0 Å². The van der Waals surface area contributed by atoms with E-state index in [0.29, 0.717) is 17.0 Å². The topological polar surface area (TPSA) is 75.9 Å². The highest BCUT2D eigenvalue weighted by Gasteiger charge is 2.21. The molecule has 1 aromatic carbocycles. The van der Waals surface area contributed by atoms with Crippen molar-refractivity contribution in [3.8, 4) is 0 Å². The highest BCUT2D eigenvalue weighted by Crippen LogP contribution is 2.28. The largest absolute Gasteiger partial charge is 0.398 e. The van der Waals surface area contributed by atoms with Crippen molar-refractivity contribution in [2.45, 2.75) is 20.3 Å². The Morgan fingerprint density at radius 2 is 1.93 bits per heavy atom. The van der Waals surface area contributed by atoms with Gasteiger partial charge in [-0.1, -0.05) is 72.9 Å². The average molecular weight is 358 g/mol. The van der Waals surface area contributed by atoms with E-state index >= 15 is 0 Å². The van der Waals surface area contributed by atoms with Crippen molar-refractivity contribution in [2.75, 3.05) is 0 Å². The summed E-state index contributed by atoms with van der Waals surface area (Å²) in [6.45, 7) is 7.69. The Morgan fingerprint density at radius 1 is 1.22 bits per heavy atom. The third kappa shape index (κ3) is 5.08. The maximum Gasteiger partial charge on any atom is 0.0854 e. The number of nitrogens with one attached hydrogen (secondary N) is 1. The van der Waals surface area contributed by atoms with Crippen LogP contribution in [0.3, 0.4) is 0 Å². The van der Waals surface area contributed by atoms with Gasteiger partial charge in [0.15, 0.2) is 0 Å². The minimum Gasteiger partial charge on any atom is -0.398 e. The van der Waals surface area contributed by atoms with Gasteiger partial charge in [-0.05, 0) is 43.6 Å². The second-order valence-corrected chi connectivity index (χ2v) is 6.36. The van der Waals surface area contributed by atoms with Gasteiger partial charge in [0.25, 0.3) is 0 Å². The highest BCUT2D eigenvalue weighted by molar-refractivity contribution is 6.15. The van der Waals surface area contributed by atoms with Crippen LogP contribution in [-0.2, 0) is 6.42 Å². The summed E-state index contributed by atoms with van der Waals surface area (Å²) in [5.41, 5.74) is 18.4. The minimum atomic E-state index is 0.266. The zero-order chi connectivity index (χ0) is 19.8. The molecule has 0 spiro atoms. The molecule has 0 aliphatic heterocycles. The number of benzene rings is 1. The molecule has 0 fully saturated rings. The Balaban J connectivity index is 2.37. The van der Waals surface area contributed by atoms with Crippen molar-refractivity contribution >= 4 is 5.71 Å². The average Bonchev–Trinajstić information content (AvgIpc) is 2.67. The maximum absolute atomic E-state index is 8.39. The van der Waals surface area contributed by atoms with Crippen LogP contribution >= 0.6 is 0 Å². The van der Waals surface area contributed by atoms with Crippen molar-refractivity contribution in [1.29, 1.82) is 5.41 Å². The first-order chi connectivity index (χ1) is 13.0. The van der Waals surface area contributed by atoms with Crippen LogP contribution in [0.2, 0.25) is 0 Å². The van der Waals surface area contributed by atoms with Gasteiger partial charge < -0.3 is 11.5 Å². The van der Waals surface area contributed by atoms with Crippen LogP contribution in [0.5, 0.6) is 0 Å². The molecule has 0 radical (unpaired) electrons. The number of hydrogen-bond donors (Lipinski definition) is 3. The molecule has 138 valence electrons. The van der Waals surface area contributed by atoms with Crippen molar-refractivity contribution in [3.63, 3.8) is 0 Å². The lowest BCUT2D eigenvalue weighted by molar-refractivity contribution is 1.21. The fourth-order valence-electron chi connectivity index (χ4n) is 2.86. The Morgan fingerprint density at radius 3 is 2.56 bits per heavy atom. The molecule has 0 saturated carbocycles. The standard InChI is InChI=1S/C24H27N3/c1-4-9-19-16-21(20(10-5-2)24(27)23(19)26)22(25)15-17(3)13-14-18-11-7-6-8-12-18/h4-13,15-16,27H,2,14,25-26H2,1,3H3/b9-4-,17-13-,20-10-,22-15-,27-24?. The Bertz CT molecular complexity index is 904. The summed E-state index contributed by atoms with van der Waals surface area (Å²) in [5.74, 6) is 0. The van der Waals surface area contributed by atoms with Crippen LogP contribution in [0.1, 0.15) is 19.4 Å². The predicted molar refractivity (Wildman–Crippen MR) is 116 cm³/mol. The molecule has 0 aromatic heterocycles. The number of allylic oxidation sites excluding steroid dienone is 11. The first kappa shape index (κ1) is 20.0. The number of rotatable bonds is 6. The van der Waals surface area contributed by atoms with Crippen LogP contribution in [0.15, 0.2) is 113 Å². The second-order valence-electron chi connectivity index (χ2n) is 6.36. The lowest BCUT2D eigenvalue weighted by Gasteiger charge is -2.21. The van der Waals surface area contributed by atoms with Gasteiger partial charge in [-0.3, -0.25) is 5.41 Å². The Kier molecular flexibility index (Phi) is 6.95. The summed E-state index contributed by atoms with van der Waals surface area (Å²) in [4.78, 5) is 0. The molecule has 0 amide bonds. The van der Waals surface area contributed by atoms with Gasteiger partial charge in [0.05, 0.1) is 11.4 Å². The van der Waals surface area contributed by atoms with Crippen LogP contribution < -0.4 is 11.5 Å². The number of nitrogens with two attached hydrogens (primary N) is 2. The lowest BCUT2D eigenvalue weighted by Crippen LogP contribution is -2.22. The van der Waals surface area contributed by atoms with Crippen LogP contribution in [-0.4, -0.2) is 5.71 Å². The van der Waals surface area contributed by atoms with Gasteiger partial charge in [0.1, 0.15) is 0 Å². The number of hydrogen-bond acceptors (Lipinski definition) is 3. The zero-order valence-electron chi connectivity index (χ0n) is 16.0. The first-order valence-corrected chi connectivity index (χ1v) is 8.92. The SMILES string of the molecule is C=C/C=C1\C(=N)C(N)=C(/C=C\C)C=C1/C(N)=C/C(C)=C\Cc1ccccc1. The smallest absolute Gasteiger partial charge is 0.0854 e. The summed E-state index contributed by atoms with van der Waals surface area (Å²) in [5, 5.41) is 8.39. The van der Waals surface area contributed by atoms with Gasteiger partial charge in [0.2, 0.25) is 0 Å². The molecule has 0 atom stereocenters. The second kappa shape index (κ2) is 9.39. The van der Waals surface area contributed by atoms with Crippen molar-refractivity contribution in [3.05, 3.63) is 119 Å². The Labute approximate surface area is 162 Å². The van der Waals surface area contributed by atoms with Crippen LogP contribution in [0, 0.1) is 5.41 Å². The quantitative estimate of drug-likeness (QED) is 0.635. The molecule has 0 bridgehead atoms. The molecular weight excluding hydrogens is 330 g/mol. The Hall–Kier alpha value is -3.33. The molecule has 1 aliphatic rings. The zero-order valence-corrected chi connectivity index (χ0v) is 16.0. The fraction of sp³-hybridized carbons (Fsp3) is 0.125. The molecular formula is C24H27N3. The van der Waals surface area contributed by atoms with E-state index in [4.69, 9.17) is 16.9 Å². The summed E-state index contributed by atoms with van der Waals surface area (Å²) in [6.07, 6.45) is 14.1. The molecule has 0 unspecified atom stereocenters. The van der Waals surface area contributed by atoms with Gasteiger partial charge in [-0.2, -0.15) is 0 Å². The van der Waals surface area contributed by atoms with Crippen molar-refractivity contribution < 1.29 is 0 Å².